The normalized spacial score (nSPS) is 33.9. The van der Waals surface area contributed by atoms with Gasteiger partial charge >= 0.3 is 12.1 Å². The average Bonchev–Trinajstić information content (AvgIpc) is 2.70. The molecule has 4 atom stereocenters. The van der Waals surface area contributed by atoms with Crippen LogP contribution in [0.25, 0.3) is 0 Å². The van der Waals surface area contributed by atoms with E-state index in [2.05, 4.69) is 0 Å². The Balaban J connectivity index is 2.36. The number of rotatable bonds is 3. The maximum Gasteiger partial charge on any atom is 0.471 e. The first kappa shape index (κ1) is 18.4. The van der Waals surface area contributed by atoms with E-state index < -0.39 is 47.6 Å². The minimum Gasteiger partial charge on any atom is -0.352 e. The smallest absolute Gasteiger partial charge is 0.352 e. The molecule has 0 radical (unpaired) electrons. The Kier molecular flexibility index (Phi) is 4.76. The van der Waals surface area contributed by atoms with Crippen LogP contribution >= 0.6 is 0 Å². The maximum absolute atomic E-state index is 12.7. The SMILES string of the molecule is CC[C@H]1O[C@@H](N2C=CC(=O)CC2=O)[C@](C)(NC(=O)C(F)(F)F)[C@@H]1C. The highest BCUT2D eigenvalue weighted by atomic mass is 19.4. The highest BCUT2D eigenvalue weighted by molar-refractivity contribution is 6.06. The van der Waals surface area contributed by atoms with E-state index in [9.17, 15) is 27.6 Å². The first-order valence-corrected chi connectivity index (χ1v) is 7.57. The molecule has 0 aromatic carbocycles. The summed E-state index contributed by atoms with van der Waals surface area (Å²) in [6.07, 6.45) is -4.13. The number of halogens is 3. The van der Waals surface area contributed by atoms with Crippen LogP contribution in [0.4, 0.5) is 13.2 Å². The van der Waals surface area contributed by atoms with Crippen LogP contribution in [0.2, 0.25) is 0 Å². The first-order chi connectivity index (χ1) is 11.0. The second-order valence-corrected chi connectivity index (χ2v) is 6.22. The molecule has 1 N–H and O–H groups in total. The number of amides is 2. The van der Waals surface area contributed by atoms with Crippen molar-refractivity contribution < 1.29 is 32.3 Å². The minimum atomic E-state index is -5.05. The largest absolute Gasteiger partial charge is 0.471 e. The van der Waals surface area contributed by atoms with Crippen molar-refractivity contribution in [3.63, 3.8) is 0 Å². The third kappa shape index (κ3) is 3.17. The number of hydrogen-bond donors (Lipinski definition) is 1. The summed E-state index contributed by atoms with van der Waals surface area (Å²) in [7, 11) is 0. The molecule has 0 unspecified atom stereocenters. The van der Waals surface area contributed by atoms with Crippen molar-refractivity contribution >= 4 is 17.6 Å². The molecule has 1 saturated heterocycles. The molecule has 9 heteroatoms. The van der Waals surface area contributed by atoms with E-state index in [1.54, 1.807) is 13.8 Å². The number of carbonyl (C=O) groups excluding carboxylic acids is 3. The molecule has 0 aliphatic carbocycles. The van der Waals surface area contributed by atoms with Crippen molar-refractivity contribution in [2.45, 2.75) is 57.7 Å². The summed E-state index contributed by atoms with van der Waals surface area (Å²) in [4.78, 5) is 35.9. The van der Waals surface area contributed by atoms with Gasteiger partial charge in [0.1, 0.15) is 0 Å². The maximum atomic E-state index is 12.7. The molecular weight excluding hydrogens is 329 g/mol. The minimum absolute atomic E-state index is 0.384. The van der Waals surface area contributed by atoms with Gasteiger partial charge in [-0.1, -0.05) is 13.8 Å². The highest BCUT2D eigenvalue weighted by Crippen LogP contribution is 2.40. The Morgan fingerprint density at radius 3 is 2.58 bits per heavy atom. The molecule has 134 valence electrons. The molecule has 24 heavy (non-hydrogen) atoms. The van der Waals surface area contributed by atoms with Crippen LogP contribution < -0.4 is 5.32 Å². The molecule has 0 saturated carbocycles. The lowest BCUT2D eigenvalue weighted by molar-refractivity contribution is -0.178. The van der Waals surface area contributed by atoms with Gasteiger partial charge in [0, 0.05) is 12.1 Å². The third-order valence-electron chi connectivity index (χ3n) is 4.65. The van der Waals surface area contributed by atoms with Crippen molar-refractivity contribution in [3.05, 3.63) is 12.3 Å². The molecule has 6 nitrogen and oxygen atoms in total. The lowest BCUT2D eigenvalue weighted by Crippen LogP contribution is -2.63. The van der Waals surface area contributed by atoms with Gasteiger partial charge in [-0.2, -0.15) is 13.2 Å². The van der Waals surface area contributed by atoms with Gasteiger partial charge in [0.15, 0.2) is 12.0 Å². The van der Waals surface area contributed by atoms with Crippen LogP contribution in [0.15, 0.2) is 12.3 Å². The standard InChI is InChI=1S/C15H19F3N2O4/c1-4-10-8(2)14(3,19-12(23)15(16,17)18)13(24-10)20-6-5-9(21)7-11(20)22/h5-6,8,10,13H,4,7H2,1-3H3,(H,19,23)/t8-,10-,13-,14-/m1/s1. The molecule has 2 aliphatic rings. The summed E-state index contributed by atoms with van der Waals surface area (Å²) in [5, 5.41) is 1.99. The van der Waals surface area contributed by atoms with Gasteiger partial charge in [-0.3, -0.25) is 19.3 Å². The highest BCUT2D eigenvalue weighted by Gasteiger charge is 2.57. The van der Waals surface area contributed by atoms with Gasteiger partial charge in [0.05, 0.1) is 18.1 Å². The van der Waals surface area contributed by atoms with Gasteiger partial charge in [-0.05, 0) is 19.4 Å². The topological polar surface area (TPSA) is 75.7 Å². The fourth-order valence-corrected chi connectivity index (χ4v) is 3.09. The third-order valence-corrected chi connectivity index (χ3v) is 4.65. The van der Waals surface area contributed by atoms with Crippen LogP contribution in [0.5, 0.6) is 0 Å². The van der Waals surface area contributed by atoms with Crippen LogP contribution in [-0.4, -0.2) is 46.5 Å². The van der Waals surface area contributed by atoms with Crippen molar-refractivity contribution in [1.82, 2.24) is 10.2 Å². The number of carbonyl (C=O) groups is 3. The van der Waals surface area contributed by atoms with Crippen LogP contribution in [-0.2, 0) is 19.1 Å². The second kappa shape index (κ2) is 6.19. The van der Waals surface area contributed by atoms with E-state index in [0.29, 0.717) is 6.42 Å². The number of alkyl halides is 3. The van der Waals surface area contributed by atoms with Crippen molar-refractivity contribution in [3.8, 4) is 0 Å². The first-order valence-electron chi connectivity index (χ1n) is 7.57. The predicted molar refractivity (Wildman–Crippen MR) is 76.3 cm³/mol. The quantitative estimate of drug-likeness (QED) is 0.785. The number of ketones is 1. The zero-order chi connectivity index (χ0) is 18.3. The van der Waals surface area contributed by atoms with Gasteiger partial charge in [0.25, 0.3) is 0 Å². The fraction of sp³-hybridized carbons (Fsp3) is 0.667. The Hall–Kier alpha value is -1.90. The zero-order valence-electron chi connectivity index (χ0n) is 13.5. The molecule has 0 bridgehead atoms. The Morgan fingerprint density at radius 1 is 1.46 bits per heavy atom. The summed E-state index contributed by atoms with van der Waals surface area (Å²) in [5.41, 5.74) is -1.45. The Morgan fingerprint density at radius 2 is 2.08 bits per heavy atom. The summed E-state index contributed by atoms with van der Waals surface area (Å²) in [6, 6.07) is 0. The predicted octanol–water partition coefficient (Wildman–Crippen LogP) is 1.51. The zero-order valence-corrected chi connectivity index (χ0v) is 13.5. The molecule has 2 rings (SSSR count). The second-order valence-electron chi connectivity index (χ2n) is 6.22. The van der Waals surface area contributed by atoms with Gasteiger partial charge in [0.2, 0.25) is 5.91 Å². The van der Waals surface area contributed by atoms with E-state index in [0.717, 1.165) is 4.90 Å². The lowest BCUT2D eigenvalue weighted by atomic mass is 9.83. The van der Waals surface area contributed by atoms with Crippen molar-refractivity contribution in [1.29, 1.82) is 0 Å². The molecule has 2 heterocycles. The number of ether oxygens (including phenoxy) is 1. The molecule has 2 aliphatic heterocycles. The van der Waals surface area contributed by atoms with Gasteiger partial charge < -0.3 is 10.1 Å². The molecular formula is C15H19F3N2O4. The van der Waals surface area contributed by atoms with E-state index in [1.807, 2.05) is 5.32 Å². The molecule has 1 fully saturated rings. The monoisotopic (exact) mass is 348 g/mol. The molecule has 0 spiro atoms. The van der Waals surface area contributed by atoms with Gasteiger partial charge in [-0.25, -0.2) is 0 Å². The van der Waals surface area contributed by atoms with Crippen LogP contribution in [0.1, 0.15) is 33.6 Å². The molecule has 2 amide bonds. The van der Waals surface area contributed by atoms with Crippen LogP contribution in [0.3, 0.4) is 0 Å². The summed E-state index contributed by atoms with van der Waals surface area (Å²) in [6.45, 7) is 4.88. The van der Waals surface area contributed by atoms with Crippen molar-refractivity contribution in [2.75, 3.05) is 0 Å². The van der Waals surface area contributed by atoms with E-state index in [1.165, 1.54) is 19.2 Å². The van der Waals surface area contributed by atoms with Gasteiger partial charge in [-0.15, -0.1) is 0 Å². The summed E-state index contributed by atoms with van der Waals surface area (Å²) in [5.74, 6) is -3.54. The van der Waals surface area contributed by atoms with E-state index in [4.69, 9.17) is 4.74 Å². The lowest BCUT2D eigenvalue weighted by Gasteiger charge is -2.39. The Labute approximate surface area is 137 Å². The summed E-state index contributed by atoms with van der Waals surface area (Å²) >= 11 is 0. The number of nitrogens with one attached hydrogen (secondary N) is 1. The molecule has 0 aromatic rings. The van der Waals surface area contributed by atoms with E-state index in [-0.39, 0.29) is 6.42 Å². The van der Waals surface area contributed by atoms with Crippen LogP contribution in [0, 0.1) is 5.92 Å². The fourth-order valence-electron chi connectivity index (χ4n) is 3.09. The number of nitrogens with zero attached hydrogens (tertiary/aromatic N) is 1. The number of hydrogen-bond acceptors (Lipinski definition) is 4. The Bertz CT molecular complexity index is 590. The summed E-state index contributed by atoms with van der Waals surface area (Å²) < 4.78 is 43.8. The molecule has 0 aromatic heterocycles. The number of allylic oxidation sites excluding steroid dienone is 1. The van der Waals surface area contributed by atoms with E-state index >= 15 is 0 Å². The van der Waals surface area contributed by atoms with Crippen molar-refractivity contribution in [2.24, 2.45) is 5.92 Å². The average molecular weight is 348 g/mol.